The van der Waals surface area contributed by atoms with Gasteiger partial charge >= 0.3 is 6.09 Å². The molecular weight excluding hydrogens is 612 g/mol. The van der Waals surface area contributed by atoms with E-state index in [0.29, 0.717) is 5.69 Å². The molecule has 48 heavy (non-hydrogen) atoms. The van der Waals surface area contributed by atoms with E-state index in [1.54, 1.807) is 24.3 Å². The molecule has 0 aliphatic heterocycles. The van der Waals surface area contributed by atoms with E-state index >= 15 is 0 Å². The molecule has 4 rings (SSSR count). The summed E-state index contributed by atoms with van der Waals surface area (Å²) in [5.74, 6) is -2.00. The van der Waals surface area contributed by atoms with Gasteiger partial charge in [-0.05, 0) is 61.3 Å². The second kappa shape index (κ2) is 18.2. The Balaban J connectivity index is 1.50. The van der Waals surface area contributed by atoms with Gasteiger partial charge in [-0.25, -0.2) is 9.36 Å². The smallest absolute Gasteiger partial charge is 0.413 e. The first-order valence-electron chi connectivity index (χ1n) is 17.2. The van der Waals surface area contributed by atoms with Crippen LogP contribution in [-0.2, 0) is 43.8 Å². The van der Waals surface area contributed by atoms with Crippen molar-refractivity contribution in [3.63, 3.8) is 0 Å². The molecule has 260 valence electrons. The number of ether oxygens (including phenoxy) is 1. The Morgan fingerprint density at radius 2 is 1.42 bits per heavy atom. The molecule has 0 radical (unpaired) electrons. The van der Waals surface area contributed by atoms with Gasteiger partial charge in [0.2, 0.25) is 17.7 Å². The molecular formula is C36H51N6O6+. The van der Waals surface area contributed by atoms with Gasteiger partial charge in [-0.3, -0.25) is 24.5 Å². The molecule has 0 saturated heterocycles. The minimum atomic E-state index is -1.12. The average Bonchev–Trinajstić information content (AvgIpc) is 3.07. The van der Waals surface area contributed by atoms with Gasteiger partial charge in [0.1, 0.15) is 25.2 Å². The molecule has 0 spiro atoms. The number of pyridine rings is 1. The van der Waals surface area contributed by atoms with Gasteiger partial charge in [0.05, 0.1) is 6.61 Å². The zero-order chi connectivity index (χ0) is 34.5. The number of alkyl carbamates (subject to hydrolysis) is 1. The SMILES string of the molecule is CC(=O)N[C@@H](Cc1ccc(N)cc1)C(=O)N[C@H](C(=O)N[C@@H](Cc1ccc[n+](C)c1)C(=O)NC(=O)OCC1CCCCC1)C1CCCCC1. The summed E-state index contributed by atoms with van der Waals surface area (Å²) in [5.41, 5.74) is 7.96. The van der Waals surface area contributed by atoms with E-state index in [1.165, 1.54) is 13.3 Å². The Hall–Kier alpha value is -4.48. The Morgan fingerprint density at radius 3 is 2.06 bits per heavy atom. The molecule has 2 aliphatic rings. The number of nitrogen functional groups attached to an aromatic ring is 1. The van der Waals surface area contributed by atoms with Crippen LogP contribution in [-0.4, -0.2) is 54.5 Å². The number of carbonyl (C=O) groups excluding carboxylic acids is 5. The number of nitrogens with two attached hydrogens (primary N) is 1. The minimum Gasteiger partial charge on any atom is -0.449 e. The number of anilines is 1. The lowest BCUT2D eigenvalue weighted by molar-refractivity contribution is -0.671. The Bertz CT molecular complexity index is 1400. The van der Waals surface area contributed by atoms with Crippen LogP contribution in [0.1, 0.15) is 82.3 Å². The maximum Gasteiger partial charge on any atom is 0.413 e. The second-order valence-corrected chi connectivity index (χ2v) is 13.3. The third-order valence-corrected chi connectivity index (χ3v) is 9.29. The molecule has 2 aliphatic carbocycles. The number of aromatic nitrogens is 1. The van der Waals surface area contributed by atoms with Crippen LogP contribution in [0.15, 0.2) is 48.8 Å². The van der Waals surface area contributed by atoms with Crippen molar-refractivity contribution in [3.8, 4) is 0 Å². The lowest BCUT2D eigenvalue weighted by atomic mass is 9.83. The van der Waals surface area contributed by atoms with Crippen LogP contribution in [0, 0.1) is 11.8 Å². The minimum absolute atomic E-state index is 0.110. The highest BCUT2D eigenvalue weighted by Crippen LogP contribution is 2.27. The first kappa shape index (κ1) is 36.4. The van der Waals surface area contributed by atoms with Crippen molar-refractivity contribution >= 4 is 35.4 Å². The zero-order valence-electron chi connectivity index (χ0n) is 28.2. The van der Waals surface area contributed by atoms with Crippen molar-refractivity contribution in [2.24, 2.45) is 18.9 Å². The molecule has 1 heterocycles. The van der Waals surface area contributed by atoms with E-state index in [2.05, 4.69) is 21.3 Å². The molecule has 5 amide bonds. The van der Waals surface area contributed by atoms with E-state index in [9.17, 15) is 24.0 Å². The summed E-state index contributed by atoms with van der Waals surface area (Å²) < 4.78 is 7.23. The highest BCUT2D eigenvalue weighted by atomic mass is 16.5. The van der Waals surface area contributed by atoms with Crippen LogP contribution >= 0.6 is 0 Å². The third kappa shape index (κ3) is 11.6. The van der Waals surface area contributed by atoms with Crippen molar-refractivity contribution in [3.05, 3.63) is 59.9 Å². The molecule has 12 nitrogen and oxygen atoms in total. The van der Waals surface area contributed by atoms with Crippen molar-refractivity contribution < 1.29 is 33.3 Å². The Morgan fingerprint density at radius 1 is 0.792 bits per heavy atom. The predicted molar refractivity (Wildman–Crippen MR) is 180 cm³/mol. The number of imide groups is 1. The fraction of sp³-hybridized carbons (Fsp3) is 0.556. The number of hydrogen-bond acceptors (Lipinski definition) is 7. The number of amides is 5. The molecule has 2 aromatic rings. The van der Waals surface area contributed by atoms with Gasteiger partial charge in [0.15, 0.2) is 12.4 Å². The summed E-state index contributed by atoms with van der Waals surface area (Å²) in [6.45, 7) is 1.58. The maximum atomic E-state index is 14.1. The van der Waals surface area contributed by atoms with Gasteiger partial charge in [0.25, 0.3) is 5.91 Å². The molecule has 12 heteroatoms. The molecule has 6 N–H and O–H groups in total. The zero-order valence-corrected chi connectivity index (χ0v) is 28.2. The number of hydrogen-bond donors (Lipinski definition) is 5. The fourth-order valence-electron chi connectivity index (χ4n) is 6.71. The topological polar surface area (TPSA) is 173 Å². The number of benzene rings is 1. The number of aryl methyl sites for hydroxylation is 1. The van der Waals surface area contributed by atoms with Gasteiger partial charge in [-0.1, -0.05) is 50.7 Å². The number of nitrogens with zero attached hydrogens (tertiary/aromatic N) is 1. The normalized spacial score (nSPS) is 17.3. The van der Waals surface area contributed by atoms with Crippen molar-refractivity contribution in [2.75, 3.05) is 12.3 Å². The summed E-state index contributed by atoms with van der Waals surface area (Å²) in [4.78, 5) is 66.1. The maximum absolute atomic E-state index is 14.1. The molecule has 3 atom stereocenters. The van der Waals surface area contributed by atoms with Crippen molar-refractivity contribution in [1.82, 2.24) is 21.3 Å². The highest BCUT2D eigenvalue weighted by molar-refractivity contribution is 5.98. The second-order valence-electron chi connectivity index (χ2n) is 13.3. The summed E-state index contributed by atoms with van der Waals surface area (Å²) in [7, 11) is 1.85. The summed E-state index contributed by atoms with van der Waals surface area (Å²) in [6, 6.07) is 7.67. The molecule has 0 bridgehead atoms. The van der Waals surface area contributed by atoms with Crippen LogP contribution < -0.4 is 31.6 Å². The first-order valence-corrected chi connectivity index (χ1v) is 17.2. The molecule has 1 aromatic carbocycles. The van der Waals surface area contributed by atoms with Gasteiger partial charge in [0, 0.05) is 37.1 Å². The van der Waals surface area contributed by atoms with E-state index in [1.807, 2.05) is 36.1 Å². The first-order chi connectivity index (χ1) is 23.1. The third-order valence-electron chi connectivity index (χ3n) is 9.29. The lowest BCUT2D eigenvalue weighted by Crippen LogP contribution is -2.59. The van der Waals surface area contributed by atoms with Crippen LogP contribution in [0.3, 0.4) is 0 Å². The predicted octanol–water partition coefficient (Wildman–Crippen LogP) is 2.77. The molecule has 0 unspecified atom stereocenters. The van der Waals surface area contributed by atoms with Crippen molar-refractivity contribution in [2.45, 2.75) is 102 Å². The largest absolute Gasteiger partial charge is 0.449 e. The number of rotatable bonds is 13. The lowest BCUT2D eigenvalue weighted by Gasteiger charge is -2.32. The van der Waals surface area contributed by atoms with Gasteiger partial charge in [-0.15, -0.1) is 0 Å². The van der Waals surface area contributed by atoms with Crippen LogP contribution in [0.25, 0.3) is 0 Å². The quantitative estimate of drug-likeness (QED) is 0.162. The molecule has 2 fully saturated rings. The van der Waals surface area contributed by atoms with Gasteiger partial charge < -0.3 is 26.4 Å². The van der Waals surface area contributed by atoms with Crippen LogP contribution in [0.5, 0.6) is 0 Å². The Labute approximate surface area is 282 Å². The van der Waals surface area contributed by atoms with E-state index in [4.69, 9.17) is 10.5 Å². The van der Waals surface area contributed by atoms with E-state index in [0.717, 1.165) is 68.9 Å². The highest BCUT2D eigenvalue weighted by Gasteiger charge is 2.36. The van der Waals surface area contributed by atoms with E-state index in [-0.39, 0.29) is 37.2 Å². The monoisotopic (exact) mass is 663 g/mol. The molecule has 2 saturated carbocycles. The van der Waals surface area contributed by atoms with Crippen molar-refractivity contribution in [1.29, 1.82) is 0 Å². The standard InChI is InChI=1S/C36H50N6O6/c1-24(43)38-30(20-25-15-17-29(37)18-16-25)33(44)40-32(28-13-7-4-8-14-28)35(46)39-31(21-27-12-9-19-42(2)22-27)34(45)41-36(47)48-23-26-10-5-3-6-11-26/h9,12,15-19,22,26,28,30-32H,3-8,10-11,13-14,20-21,23,37H2,1-2H3,(H3-,38,39,40,41,43,44,45,46,47)/p+1/t30-,31-,32-/m0/s1. The van der Waals surface area contributed by atoms with Crippen LogP contribution in [0.4, 0.5) is 10.5 Å². The fourth-order valence-corrected chi connectivity index (χ4v) is 6.71. The van der Waals surface area contributed by atoms with Gasteiger partial charge in [-0.2, -0.15) is 0 Å². The summed E-state index contributed by atoms with van der Waals surface area (Å²) in [5, 5.41) is 10.8. The summed E-state index contributed by atoms with van der Waals surface area (Å²) in [6.07, 6.45) is 12.8. The van der Waals surface area contributed by atoms with Crippen LogP contribution in [0.2, 0.25) is 0 Å². The number of nitrogens with one attached hydrogen (secondary N) is 4. The summed E-state index contributed by atoms with van der Waals surface area (Å²) >= 11 is 0. The molecule has 1 aromatic heterocycles. The average molecular weight is 664 g/mol. The Kier molecular flexibility index (Phi) is 13.8. The van der Waals surface area contributed by atoms with E-state index < -0.39 is 41.9 Å². The number of carbonyl (C=O) groups is 5.